The van der Waals surface area contributed by atoms with Crippen LogP contribution in [-0.4, -0.2) is 96.9 Å². The second-order valence-electron chi connectivity index (χ2n) is 31.8. The standard InChI is InChI=1S/C44H92N.C43H90N.2H2O4S/c1-5-9-12-15-18-21-24-27-30-33-36-39-42-45(8-4,43-40-37-34-31-28-25-22-19-16-13-10-6-2)44-41-38-35-32-29-26-23-20-17-14-11-7-3;1-5-8-11-14-17-20-23-26-29-32-35-38-41-44(4,42-39-36-33-30-27-24-21-18-15-12-9-6-2)43-40-37-34-31-28-25-22-19-16-13-10-7-3;2*1-5(2,3)4/h5-44H2,1-4H3;5-43H2,1-4H3;2*(H2,1,2,3,4)/q2*+1;;/p-2. The van der Waals surface area contributed by atoms with Gasteiger partial charge in [-0.15, -0.1) is 0 Å². The molecule has 10 nitrogen and oxygen atoms in total. The molecule has 0 heterocycles. The predicted octanol–water partition coefficient (Wildman–Crippen LogP) is 29.5. The number of quaternary nitrogens is 2. The lowest BCUT2D eigenvalue weighted by Gasteiger charge is -2.38. The minimum Gasteiger partial charge on any atom is -0.726 e. The second kappa shape index (κ2) is 86.6. The molecule has 0 aliphatic heterocycles. The molecule has 0 amide bonds. The summed E-state index contributed by atoms with van der Waals surface area (Å²) in [7, 11) is -7.21. The van der Waals surface area contributed by atoms with Gasteiger partial charge in [-0.3, -0.25) is 9.11 Å². The normalized spacial score (nSPS) is 12.0. The third kappa shape index (κ3) is 104. The molecule has 0 aromatic rings. The van der Waals surface area contributed by atoms with Crippen molar-refractivity contribution in [1.82, 2.24) is 0 Å². The fourth-order valence-electron chi connectivity index (χ4n) is 15.0. The van der Waals surface area contributed by atoms with E-state index in [4.69, 9.17) is 35.0 Å². The number of hydrogen-bond donors (Lipinski definition) is 2. The largest absolute Gasteiger partial charge is 0.726 e. The van der Waals surface area contributed by atoms with Crippen LogP contribution >= 0.6 is 0 Å². The van der Waals surface area contributed by atoms with E-state index in [-0.39, 0.29) is 0 Å². The zero-order valence-electron chi connectivity index (χ0n) is 68.9. The highest BCUT2D eigenvalue weighted by Gasteiger charge is 2.24. The van der Waals surface area contributed by atoms with Crippen LogP contribution in [0.1, 0.15) is 511 Å². The van der Waals surface area contributed by atoms with Gasteiger partial charge < -0.3 is 18.1 Å². The van der Waals surface area contributed by atoms with Crippen molar-refractivity contribution in [3.63, 3.8) is 0 Å². The monoisotopic (exact) mass is 1450 g/mol. The highest BCUT2D eigenvalue weighted by atomic mass is 32.3. The first-order valence-corrected chi connectivity index (χ1v) is 47.7. The Balaban J connectivity index is -0.000000799. The van der Waals surface area contributed by atoms with Crippen LogP contribution in [0.15, 0.2) is 0 Å². The van der Waals surface area contributed by atoms with Crippen molar-refractivity contribution in [2.24, 2.45) is 0 Å². The molecule has 2 N–H and O–H groups in total. The van der Waals surface area contributed by atoms with E-state index in [1.54, 1.807) is 0 Å². The average Bonchev–Trinajstić information content (AvgIpc) is 0.945. The van der Waals surface area contributed by atoms with Crippen molar-refractivity contribution in [3.05, 3.63) is 0 Å². The van der Waals surface area contributed by atoms with Crippen LogP contribution in [-0.2, 0) is 20.8 Å². The van der Waals surface area contributed by atoms with Crippen LogP contribution in [0.4, 0.5) is 0 Å². The van der Waals surface area contributed by atoms with Gasteiger partial charge in [0.15, 0.2) is 0 Å². The molecule has 0 aliphatic rings. The summed E-state index contributed by atoms with van der Waals surface area (Å²) in [6, 6.07) is 0. The lowest BCUT2D eigenvalue weighted by molar-refractivity contribution is -0.927. The molecule has 0 spiro atoms. The lowest BCUT2D eigenvalue weighted by atomic mass is 10.0. The fourth-order valence-corrected chi connectivity index (χ4v) is 15.0. The first-order chi connectivity index (χ1) is 47.9. The summed E-state index contributed by atoms with van der Waals surface area (Å²) in [6.45, 7) is 26.5. The Hall–Kier alpha value is -0.340. The highest BCUT2D eigenvalue weighted by Crippen LogP contribution is 2.23. The second-order valence-corrected chi connectivity index (χ2v) is 33.5. The Morgan fingerprint density at radius 1 is 0.192 bits per heavy atom. The van der Waals surface area contributed by atoms with E-state index in [9.17, 15) is 0 Å². The third-order valence-corrected chi connectivity index (χ3v) is 21.8. The quantitative estimate of drug-likeness (QED) is 0.0264. The molecule has 0 fully saturated rings. The number of nitrogens with zero attached hydrogens (tertiary/aromatic N) is 2. The molecule has 99 heavy (non-hydrogen) atoms. The molecule has 0 saturated carbocycles. The van der Waals surface area contributed by atoms with Crippen LogP contribution in [0.3, 0.4) is 0 Å². The van der Waals surface area contributed by atoms with Gasteiger partial charge in [-0.1, -0.05) is 427 Å². The summed E-state index contributed by atoms with van der Waals surface area (Å²) < 4.78 is 68.5. The maximum atomic E-state index is 8.63. The molecule has 0 aromatic heterocycles. The number of unbranched alkanes of at least 4 members (excludes halogenated alkanes) is 66. The summed E-state index contributed by atoms with van der Waals surface area (Å²) >= 11 is 0. The van der Waals surface area contributed by atoms with Crippen LogP contribution in [0.2, 0.25) is 0 Å². The Morgan fingerprint density at radius 2 is 0.283 bits per heavy atom. The molecule has 12 heteroatoms. The molecule has 0 rings (SSSR count). The van der Waals surface area contributed by atoms with Crippen molar-refractivity contribution in [1.29, 1.82) is 0 Å². The van der Waals surface area contributed by atoms with Crippen molar-refractivity contribution in [2.45, 2.75) is 511 Å². The zero-order valence-corrected chi connectivity index (χ0v) is 70.5. The molecule has 0 atom stereocenters. The molecular weight excluding hydrogens is 1270 g/mol. The van der Waals surface area contributed by atoms with Crippen molar-refractivity contribution in [2.75, 3.05) is 52.9 Å². The van der Waals surface area contributed by atoms with Crippen LogP contribution in [0, 0.1) is 0 Å². The van der Waals surface area contributed by atoms with Crippen LogP contribution < -0.4 is 0 Å². The van der Waals surface area contributed by atoms with E-state index < -0.39 is 20.8 Å². The van der Waals surface area contributed by atoms with Gasteiger partial charge >= 0.3 is 0 Å². The summed E-state index contributed by atoms with van der Waals surface area (Å²) in [5, 5.41) is 0. The van der Waals surface area contributed by atoms with Crippen LogP contribution in [0.5, 0.6) is 0 Å². The molecule has 0 aromatic carbocycles. The molecule has 0 bridgehead atoms. The topological polar surface area (TPSA) is 155 Å². The minimum atomic E-state index is -4.92. The molecule has 0 aliphatic carbocycles. The summed E-state index contributed by atoms with van der Waals surface area (Å²) in [5.74, 6) is 0. The molecule has 0 saturated heterocycles. The van der Waals surface area contributed by atoms with E-state index in [1.165, 1.54) is 517 Å². The molecular formula is C87H184N2O8S2. The lowest BCUT2D eigenvalue weighted by Crippen LogP contribution is -2.50. The summed E-state index contributed by atoms with van der Waals surface area (Å²) in [6.07, 6.45) is 106. The maximum absolute atomic E-state index is 8.63. The number of hydrogen-bond acceptors (Lipinski definition) is 6. The third-order valence-electron chi connectivity index (χ3n) is 21.8. The first kappa shape index (κ1) is 105. The predicted molar refractivity (Wildman–Crippen MR) is 437 cm³/mol. The molecule has 0 unspecified atom stereocenters. The van der Waals surface area contributed by atoms with Gasteiger partial charge in [0.05, 0.1) is 52.9 Å². The highest BCUT2D eigenvalue weighted by molar-refractivity contribution is 7.80. The average molecular weight is 1450 g/mol. The molecule has 602 valence electrons. The fraction of sp³-hybridized carbons (Fsp3) is 1.00. The Labute approximate surface area is 624 Å². The smallest absolute Gasteiger partial charge is 0.215 e. The summed E-state index contributed by atoms with van der Waals surface area (Å²) in [5.41, 5.74) is 0. The van der Waals surface area contributed by atoms with Gasteiger partial charge in [-0.05, 0) is 84.0 Å². The van der Waals surface area contributed by atoms with Crippen molar-refractivity contribution >= 4 is 20.8 Å². The maximum Gasteiger partial charge on any atom is 0.215 e. The van der Waals surface area contributed by atoms with E-state index >= 15 is 0 Å². The van der Waals surface area contributed by atoms with E-state index in [0.717, 1.165) is 0 Å². The van der Waals surface area contributed by atoms with E-state index in [0.29, 0.717) is 0 Å². The van der Waals surface area contributed by atoms with Gasteiger partial charge in [0, 0.05) is 0 Å². The van der Waals surface area contributed by atoms with Gasteiger partial charge in [-0.2, -0.15) is 0 Å². The Kier molecular flexibility index (Phi) is 91.8. The van der Waals surface area contributed by atoms with Gasteiger partial charge in [0.1, 0.15) is 0 Å². The SMILES string of the molecule is CCCCCCCCCCCCCC[N+](C)(CCCCCCCCCCCCCC)CCCCCCCCCCCCCC.CCCCCCCCCCCCCC[N+](CC)(CCCCCCCCCCCCCC)CCCCCCCCCCCCCC.O=S(=O)([O-])O.O=S(=O)([O-])O. The van der Waals surface area contributed by atoms with Gasteiger partial charge in [0.25, 0.3) is 0 Å². The van der Waals surface area contributed by atoms with Gasteiger partial charge in [0.2, 0.25) is 20.8 Å². The molecule has 0 radical (unpaired) electrons. The van der Waals surface area contributed by atoms with Crippen LogP contribution in [0.25, 0.3) is 0 Å². The van der Waals surface area contributed by atoms with Crippen molar-refractivity contribution in [3.8, 4) is 0 Å². The first-order valence-electron chi connectivity index (χ1n) is 45.0. The van der Waals surface area contributed by atoms with Crippen molar-refractivity contribution < 1.29 is 44.0 Å². The van der Waals surface area contributed by atoms with E-state index in [1.807, 2.05) is 0 Å². The van der Waals surface area contributed by atoms with E-state index in [2.05, 4.69) is 55.5 Å². The summed E-state index contributed by atoms with van der Waals surface area (Å²) in [4.78, 5) is 0. The zero-order chi connectivity index (χ0) is 73.9. The van der Waals surface area contributed by atoms with Gasteiger partial charge in [-0.25, -0.2) is 16.8 Å². The number of rotatable bonds is 79. The Bertz CT molecular complexity index is 1500. The Morgan fingerprint density at radius 3 is 0.384 bits per heavy atom. The minimum absolute atomic E-state index is 1.37.